The highest BCUT2D eigenvalue weighted by Crippen LogP contribution is 2.21. The van der Waals surface area contributed by atoms with Gasteiger partial charge in [-0.1, -0.05) is 38.1 Å². The molecule has 0 aliphatic heterocycles. The largest absolute Gasteiger partial charge is 0.481 e. The number of benzene rings is 2. The summed E-state index contributed by atoms with van der Waals surface area (Å²) in [4.78, 5) is 34.9. The molecule has 3 amide bonds. The van der Waals surface area contributed by atoms with Crippen molar-refractivity contribution in [3.8, 4) is 5.75 Å². The summed E-state index contributed by atoms with van der Waals surface area (Å²) in [7, 11) is 0. The fraction of sp³-hybridized carbons (Fsp3) is 0.318. The van der Waals surface area contributed by atoms with E-state index in [4.69, 9.17) is 10.5 Å². The van der Waals surface area contributed by atoms with Crippen molar-refractivity contribution in [2.24, 2.45) is 5.73 Å². The van der Waals surface area contributed by atoms with Gasteiger partial charge in [0.1, 0.15) is 5.75 Å². The maximum Gasteiger partial charge on any atom is 0.261 e. The topological polar surface area (TPSA) is 111 Å². The van der Waals surface area contributed by atoms with Gasteiger partial charge in [-0.25, -0.2) is 0 Å². The molecule has 2 aromatic carbocycles. The molecule has 0 fully saturated rings. The van der Waals surface area contributed by atoms with E-state index in [-0.39, 0.29) is 18.4 Å². The van der Waals surface area contributed by atoms with Crippen LogP contribution in [0.3, 0.4) is 0 Å². The first kappa shape index (κ1) is 21.9. The zero-order chi connectivity index (χ0) is 21.4. The summed E-state index contributed by atoms with van der Waals surface area (Å²) in [5.74, 6) is -0.188. The Labute approximate surface area is 170 Å². The number of rotatable bonds is 9. The first-order valence-electron chi connectivity index (χ1n) is 9.46. The normalized spacial score (nSPS) is 11.6. The molecule has 154 valence electrons. The van der Waals surface area contributed by atoms with E-state index in [1.165, 1.54) is 0 Å². The molecular weight excluding hydrogens is 370 g/mol. The van der Waals surface area contributed by atoms with E-state index in [0.29, 0.717) is 23.8 Å². The van der Waals surface area contributed by atoms with Crippen LogP contribution in [0.15, 0.2) is 48.5 Å². The summed E-state index contributed by atoms with van der Waals surface area (Å²) in [6, 6.07) is 14.4. The van der Waals surface area contributed by atoms with Crippen LogP contribution in [0.25, 0.3) is 0 Å². The van der Waals surface area contributed by atoms with Gasteiger partial charge in [0, 0.05) is 12.1 Å². The van der Waals surface area contributed by atoms with Crippen molar-refractivity contribution in [2.45, 2.75) is 39.3 Å². The van der Waals surface area contributed by atoms with E-state index in [9.17, 15) is 14.4 Å². The quantitative estimate of drug-likeness (QED) is 0.602. The van der Waals surface area contributed by atoms with Crippen molar-refractivity contribution in [1.82, 2.24) is 10.6 Å². The number of carbonyl (C=O) groups is 3. The first-order valence-corrected chi connectivity index (χ1v) is 9.46. The maximum atomic E-state index is 12.3. The van der Waals surface area contributed by atoms with Crippen molar-refractivity contribution in [3.05, 3.63) is 65.2 Å². The van der Waals surface area contributed by atoms with E-state index in [0.717, 1.165) is 11.1 Å². The molecule has 2 aromatic rings. The Balaban J connectivity index is 1.85. The number of ether oxygens (including phenoxy) is 1. The summed E-state index contributed by atoms with van der Waals surface area (Å²) in [5.41, 5.74) is 7.39. The molecule has 0 aliphatic rings. The zero-order valence-electron chi connectivity index (χ0n) is 16.9. The highest BCUT2D eigenvalue weighted by molar-refractivity contribution is 5.96. The summed E-state index contributed by atoms with van der Waals surface area (Å²) in [6.07, 6.45) is -0.642. The third kappa shape index (κ3) is 6.95. The fourth-order valence-corrected chi connectivity index (χ4v) is 2.58. The van der Waals surface area contributed by atoms with Crippen molar-refractivity contribution in [1.29, 1.82) is 0 Å². The molecule has 0 heterocycles. The highest BCUT2D eigenvalue weighted by Gasteiger charge is 2.15. The molecule has 0 saturated heterocycles. The number of amides is 3. The third-order valence-electron chi connectivity index (χ3n) is 4.31. The highest BCUT2D eigenvalue weighted by atomic mass is 16.5. The van der Waals surface area contributed by atoms with Gasteiger partial charge in [-0.3, -0.25) is 14.4 Å². The van der Waals surface area contributed by atoms with Gasteiger partial charge in [-0.05, 0) is 48.2 Å². The van der Waals surface area contributed by atoms with Crippen molar-refractivity contribution in [2.75, 3.05) is 6.54 Å². The van der Waals surface area contributed by atoms with Crippen LogP contribution in [-0.2, 0) is 16.1 Å². The Morgan fingerprint density at radius 3 is 2.31 bits per heavy atom. The van der Waals surface area contributed by atoms with Gasteiger partial charge in [0.05, 0.1) is 6.54 Å². The fourth-order valence-electron chi connectivity index (χ4n) is 2.58. The minimum Gasteiger partial charge on any atom is -0.481 e. The standard InChI is InChI=1S/C22H27N3O4/c1-14(2)18-5-4-6-19(11-18)29-15(3)21(27)24-12-16-7-9-17(10-8-16)22(28)25-13-20(23)26/h4-11,14-15H,12-13H2,1-3H3,(H2,23,26)(H,24,27)(H,25,28). The predicted molar refractivity (Wildman–Crippen MR) is 110 cm³/mol. The summed E-state index contributed by atoms with van der Waals surface area (Å²) in [6.45, 7) is 5.99. The van der Waals surface area contributed by atoms with E-state index in [2.05, 4.69) is 24.5 Å². The Hall–Kier alpha value is -3.35. The molecule has 0 aliphatic carbocycles. The lowest BCUT2D eigenvalue weighted by atomic mass is 10.0. The van der Waals surface area contributed by atoms with Crippen LogP contribution in [0, 0.1) is 0 Å². The van der Waals surface area contributed by atoms with Crippen LogP contribution in [-0.4, -0.2) is 30.4 Å². The number of nitrogens with two attached hydrogens (primary N) is 1. The van der Waals surface area contributed by atoms with Crippen molar-refractivity contribution in [3.63, 3.8) is 0 Å². The molecule has 0 spiro atoms. The first-order chi connectivity index (χ1) is 13.8. The van der Waals surface area contributed by atoms with Crippen LogP contribution in [0.2, 0.25) is 0 Å². The molecule has 4 N–H and O–H groups in total. The van der Waals surface area contributed by atoms with Crippen LogP contribution in [0.5, 0.6) is 5.75 Å². The lowest BCUT2D eigenvalue weighted by Crippen LogP contribution is -2.36. The number of nitrogens with one attached hydrogen (secondary N) is 2. The number of hydrogen-bond donors (Lipinski definition) is 3. The van der Waals surface area contributed by atoms with Crippen LogP contribution in [0.1, 0.15) is 48.2 Å². The van der Waals surface area contributed by atoms with Crippen LogP contribution < -0.4 is 21.1 Å². The molecule has 7 nitrogen and oxygen atoms in total. The van der Waals surface area contributed by atoms with E-state index in [1.807, 2.05) is 24.3 Å². The van der Waals surface area contributed by atoms with Gasteiger partial charge in [-0.15, -0.1) is 0 Å². The number of primary amides is 1. The Morgan fingerprint density at radius 2 is 1.69 bits per heavy atom. The second kappa shape index (κ2) is 10.3. The monoisotopic (exact) mass is 397 g/mol. The molecule has 0 saturated carbocycles. The van der Waals surface area contributed by atoms with Crippen LogP contribution >= 0.6 is 0 Å². The van der Waals surface area contributed by atoms with Gasteiger partial charge >= 0.3 is 0 Å². The Kier molecular flexibility index (Phi) is 7.77. The van der Waals surface area contributed by atoms with Gasteiger partial charge in [0.2, 0.25) is 5.91 Å². The molecule has 0 radical (unpaired) electrons. The number of carbonyl (C=O) groups excluding carboxylic acids is 3. The number of hydrogen-bond acceptors (Lipinski definition) is 4. The average molecular weight is 397 g/mol. The summed E-state index contributed by atoms with van der Waals surface area (Å²) < 4.78 is 5.75. The van der Waals surface area contributed by atoms with Gasteiger partial charge in [0.25, 0.3) is 11.8 Å². The molecule has 1 unspecified atom stereocenters. The molecule has 0 bridgehead atoms. The minimum atomic E-state index is -0.642. The van der Waals surface area contributed by atoms with E-state index >= 15 is 0 Å². The lowest BCUT2D eigenvalue weighted by molar-refractivity contribution is -0.127. The predicted octanol–water partition coefficient (Wildman–Crippen LogP) is 2.11. The minimum absolute atomic E-state index is 0.214. The zero-order valence-corrected chi connectivity index (χ0v) is 16.9. The van der Waals surface area contributed by atoms with E-state index in [1.54, 1.807) is 31.2 Å². The average Bonchev–Trinajstić information content (AvgIpc) is 2.70. The molecular formula is C22H27N3O4. The van der Waals surface area contributed by atoms with Crippen molar-refractivity contribution < 1.29 is 19.1 Å². The maximum absolute atomic E-state index is 12.3. The van der Waals surface area contributed by atoms with Gasteiger partial charge < -0.3 is 21.1 Å². The molecule has 0 aromatic heterocycles. The molecule has 2 rings (SSSR count). The SMILES string of the molecule is CC(Oc1cccc(C(C)C)c1)C(=O)NCc1ccc(C(=O)NCC(N)=O)cc1. The molecule has 29 heavy (non-hydrogen) atoms. The molecule has 1 atom stereocenters. The van der Waals surface area contributed by atoms with Crippen LogP contribution in [0.4, 0.5) is 0 Å². The molecule has 7 heteroatoms. The second-order valence-corrected chi connectivity index (χ2v) is 7.05. The smallest absolute Gasteiger partial charge is 0.261 e. The van der Waals surface area contributed by atoms with Gasteiger partial charge in [0.15, 0.2) is 6.10 Å². The summed E-state index contributed by atoms with van der Waals surface area (Å²) in [5, 5.41) is 5.24. The van der Waals surface area contributed by atoms with Crippen molar-refractivity contribution >= 4 is 17.7 Å². The van der Waals surface area contributed by atoms with Gasteiger partial charge in [-0.2, -0.15) is 0 Å². The Morgan fingerprint density at radius 1 is 1.00 bits per heavy atom. The Bertz CT molecular complexity index is 863. The third-order valence-corrected chi connectivity index (χ3v) is 4.31. The summed E-state index contributed by atoms with van der Waals surface area (Å²) >= 11 is 0. The van der Waals surface area contributed by atoms with E-state index < -0.39 is 12.0 Å². The second-order valence-electron chi connectivity index (χ2n) is 7.05. The lowest BCUT2D eigenvalue weighted by Gasteiger charge is -2.16.